The summed E-state index contributed by atoms with van der Waals surface area (Å²) in [5.74, 6) is -1.63. The fraction of sp³-hybridized carbons (Fsp3) is 0.200. The molecule has 0 saturated heterocycles. The Hall–Kier alpha value is -1.74. The Balaban J connectivity index is 2.05. The van der Waals surface area contributed by atoms with Crippen molar-refractivity contribution in [3.8, 4) is 11.1 Å². The van der Waals surface area contributed by atoms with E-state index in [1.807, 2.05) is 18.2 Å². The van der Waals surface area contributed by atoms with Gasteiger partial charge in [-0.15, -0.1) is 0 Å². The zero-order chi connectivity index (χ0) is 12.7. The van der Waals surface area contributed by atoms with Gasteiger partial charge in [0.1, 0.15) is 0 Å². The second-order valence-electron chi connectivity index (χ2n) is 4.69. The molecule has 0 fully saturated rings. The molecule has 0 radical (unpaired) electrons. The SMILES string of the molecule is NC1CCc2cc(-c3ccc(F)c(F)c3)ccc21. The molecule has 2 N–H and O–H groups in total. The number of fused-ring (bicyclic) bond motifs is 1. The summed E-state index contributed by atoms with van der Waals surface area (Å²) in [5.41, 5.74) is 9.95. The van der Waals surface area contributed by atoms with Gasteiger partial charge in [0, 0.05) is 6.04 Å². The van der Waals surface area contributed by atoms with E-state index in [-0.39, 0.29) is 6.04 Å². The van der Waals surface area contributed by atoms with Crippen LogP contribution < -0.4 is 5.73 Å². The lowest BCUT2D eigenvalue weighted by Gasteiger charge is -2.08. The third kappa shape index (κ3) is 1.81. The fourth-order valence-corrected chi connectivity index (χ4v) is 2.51. The molecular formula is C15H13F2N. The maximum Gasteiger partial charge on any atom is 0.159 e. The van der Waals surface area contributed by atoms with Crippen LogP contribution in [0.4, 0.5) is 8.78 Å². The molecule has 3 heteroatoms. The highest BCUT2D eigenvalue weighted by Gasteiger charge is 2.19. The van der Waals surface area contributed by atoms with Crippen LogP contribution in [0.25, 0.3) is 11.1 Å². The van der Waals surface area contributed by atoms with Crippen molar-refractivity contribution in [3.05, 3.63) is 59.2 Å². The molecule has 0 amide bonds. The van der Waals surface area contributed by atoms with Gasteiger partial charge in [-0.1, -0.05) is 24.3 Å². The maximum absolute atomic E-state index is 13.2. The molecule has 1 atom stereocenters. The number of nitrogens with two attached hydrogens (primary N) is 1. The van der Waals surface area contributed by atoms with Gasteiger partial charge in [-0.25, -0.2) is 8.78 Å². The molecule has 92 valence electrons. The highest BCUT2D eigenvalue weighted by molar-refractivity contribution is 5.65. The number of benzene rings is 2. The molecule has 1 unspecified atom stereocenters. The van der Waals surface area contributed by atoms with Gasteiger partial charge in [0.2, 0.25) is 0 Å². The first kappa shape index (κ1) is 11.4. The third-order valence-electron chi connectivity index (χ3n) is 3.52. The van der Waals surface area contributed by atoms with Crippen LogP contribution in [-0.4, -0.2) is 0 Å². The molecule has 2 aromatic carbocycles. The summed E-state index contributed by atoms with van der Waals surface area (Å²) in [4.78, 5) is 0. The van der Waals surface area contributed by atoms with E-state index in [1.54, 1.807) is 6.07 Å². The first-order valence-electron chi connectivity index (χ1n) is 5.99. The molecule has 0 aromatic heterocycles. The fourth-order valence-electron chi connectivity index (χ4n) is 2.51. The molecule has 0 saturated carbocycles. The largest absolute Gasteiger partial charge is 0.324 e. The number of rotatable bonds is 1. The number of hydrogen-bond donors (Lipinski definition) is 1. The van der Waals surface area contributed by atoms with E-state index < -0.39 is 11.6 Å². The Kier molecular flexibility index (Phi) is 2.63. The Morgan fingerprint density at radius 1 is 0.944 bits per heavy atom. The number of aryl methyl sites for hydroxylation is 1. The predicted octanol–water partition coefficient (Wildman–Crippen LogP) is 3.58. The topological polar surface area (TPSA) is 26.0 Å². The van der Waals surface area contributed by atoms with Crippen LogP contribution in [0.2, 0.25) is 0 Å². The zero-order valence-corrected chi connectivity index (χ0v) is 9.79. The minimum absolute atomic E-state index is 0.110. The number of halogens is 2. The van der Waals surface area contributed by atoms with Crippen molar-refractivity contribution in [1.82, 2.24) is 0 Å². The molecule has 18 heavy (non-hydrogen) atoms. The monoisotopic (exact) mass is 245 g/mol. The lowest BCUT2D eigenvalue weighted by molar-refractivity contribution is 0.509. The van der Waals surface area contributed by atoms with Crippen molar-refractivity contribution in [2.75, 3.05) is 0 Å². The highest BCUT2D eigenvalue weighted by atomic mass is 19.2. The summed E-state index contributed by atoms with van der Waals surface area (Å²) in [6.07, 6.45) is 1.91. The third-order valence-corrected chi connectivity index (χ3v) is 3.52. The summed E-state index contributed by atoms with van der Waals surface area (Å²) >= 11 is 0. The van der Waals surface area contributed by atoms with Gasteiger partial charge in [0.05, 0.1) is 0 Å². The van der Waals surface area contributed by atoms with Crippen molar-refractivity contribution in [2.45, 2.75) is 18.9 Å². The Labute approximate surface area is 104 Å². The van der Waals surface area contributed by atoms with Crippen LogP contribution in [0.5, 0.6) is 0 Å². The Morgan fingerprint density at radius 2 is 1.67 bits per heavy atom. The average Bonchev–Trinajstić information content (AvgIpc) is 2.74. The zero-order valence-electron chi connectivity index (χ0n) is 9.79. The van der Waals surface area contributed by atoms with Crippen LogP contribution in [-0.2, 0) is 6.42 Å². The first-order chi connectivity index (χ1) is 8.65. The summed E-state index contributed by atoms with van der Waals surface area (Å²) < 4.78 is 26.1. The summed E-state index contributed by atoms with van der Waals surface area (Å²) in [7, 11) is 0. The molecular weight excluding hydrogens is 232 g/mol. The molecule has 0 aliphatic heterocycles. The van der Waals surface area contributed by atoms with Gasteiger partial charge in [-0.2, -0.15) is 0 Å². The van der Waals surface area contributed by atoms with Gasteiger partial charge in [-0.3, -0.25) is 0 Å². The van der Waals surface area contributed by atoms with E-state index in [2.05, 4.69) is 0 Å². The minimum atomic E-state index is -0.818. The van der Waals surface area contributed by atoms with Gasteiger partial charge in [0.25, 0.3) is 0 Å². The molecule has 2 aromatic rings. The van der Waals surface area contributed by atoms with Gasteiger partial charge in [0.15, 0.2) is 11.6 Å². The van der Waals surface area contributed by atoms with Crippen LogP contribution in [0.3, 0.4) is 0 Å². The minimum Gasteiger partial charge on any atom is -0.324 e. The van der Waals surface area contributed by atoms with Gasteiger partial charge < -0.3 is 5.73 Å². The summed E-state index contributed by atoms with van der Waals surface area (Å²) in [6.45, 7) is 0. The molecule has 3 rings (SSSR count). The predicted molar refractivity (Wildman–Crippen MR) is 67.0 cm³/mol. The van der Waals surface area contributed by atoms with Crippen molar-refractivity contribution < 1.29 is 8.78 Å². The second-order valence-corrected chi connectivity index (χ2v) is 4.69. The van der Waals surface area contributed by atoms with Crippen LogP contribution >= 0.6 is 0 Å². The van der Waals surface area contributed by atoms with E-state index in [1.165, 1.54) is 17.2 Å². The lowest BCUT2D eigenvalue weighted by Crippen LogP contribution is -2.04. The van der Waals surface area contributed by atoms with Crippen molar-refractivity contribution in [2.24, 2.45) is 5.73 Å². The first-order valence-corrected chi connectivity index (χ1v) is 5.99. The summed E-state index contributed by atoms with van der Waals surface area (Å²) in [5, 5.41) is 0. The highest BCUT2D eigenvalue weighted by Crippen LogP contribution is 2.33. The molecule has 0 spiro atoms. The van der Waals surface area contributed by atoms with E-state index in [0.29, 0.717) is 5.56 Å². The van der Waals surface area contributed by atoms with E-state index in [4.69, 9.17) is 5.73 Å². The van der Waals surface area contributed by atoms with Crippen LogP contribution in [0, 0.1) is 11.6 Å². The smallest absolute Gasteiger partial charge is 0.159 e. The standard InChI is InChI=1S/C15H13F2N/c16-13-5-2-10(8-14(13)17)9-1-4-12-11(7-9)3-6-15(12)18/h1-2,4-5,7-8,15H,3,6,18H2. The summed E-state index contributed by atoms with van der Waals surface area (Å²) in [6, 6.07) is 10.0. The Morgan fingerprint density at radius 3 is 2.44 bits per heavy atom. The van der Waals surface area contributed by atoms with E-state index in [0.717, 1.165) is 24.5 Å². The number of hydrogen-bond acceptors (Lipinski definition) is 1. The quantitative estimate of drug-likeness (QED) is 0.816. The molecule has 1 nitrogen and oxygen atoms in total. The maximum atomic E-state index is 13.2. The molecule has 1 aliphatic carbocycles. The Bertz CT molecular complexity index is 607. The van der Waals surface area contributed by atoms with Crippen molar-refractivity contribution in [3.63, 3.8) is 0 Å². The van der Waals surface area contributed by atoms with Crippen molar-refractivity contribution in [1.29, 1.82) is 0 Å². The molecule has 0 bridgehead atoms. The average molecular weight is 245 g/mol. The molecule has 1 aliphatic rings. The molecule has 0 heterocycles. The second kappa shape index (κ2) is 4.18. The van der Waals surface area contributed by atoms with Crippen LogP contribution in [0.1, 0.15) is 23.6 Å². The van der Waals surface area contributed by atoms with Crippen LogP contribution in [0.15, 0.2) is 36.4 Å². The van der Waals surface area contributed by atoms with Crippen molar-refractivity contribution >= 4 is 0 Å². The van der Waals surface area contributed by atoms with E-state index >= 15 is 0 Å². The van der Waals surface area contributed by atoms with E-state index in [9.17, 15) is 8.78 Å². The lowest BCUT2D eigenvalue weighted by atomic mass is 10.00. The normalized spacial score (nSPS) is 17.8. The van der Waals surface area contributed by atoms with Gasteiger partial charge in [-0.05, 0) is 47.2 Å². The van der Waals surface area contributed by atoms with Gasteiger partial charge >= 0.3 is 0 Å².